The highest BCUT2D eigenvalue weighted by atomic mass is 32.1. The zero-order chi connectivity index (χ0) is 14.8. The molecule has 1 aliphatic heterocycles. The second kappa shape index (κ2) is 6.12. The minimum atomic E-state index is -0.173. The van der Waals surface area contributed by atoms with Gasteiger partial charge in [0.1, 0.15) is 5.82 Å². The molecule has 112 valence electrons. The molecule has 1 aromatic heterocycles. The molecule has 5 heteroatoms. The second-order valence-corrected chi connectivity index (χ2v) is 6.77. The first-order valence-electron chi connectivity index (χ1n) is 7.27. The summed E-state index contributed by atoms with van der Waals surface area (Å²) < 4.78 is 13.0. The molecule has 0 aliphatic carbocycles. The van der Waals surface area contributed by atoms with E-state index in [1.165, 1.54) is 22.7 Å². The van der Waals surface area contributed by atoms with Crippen molar-refractivity contribution in [3.8, 4) is 0 Å². The van der Waals surface area contributed by atoms with Gasteiger partial charge in [0.15, 0.2) is 0 Å². The second-order valence-electron chi connectivity index (χ2n) is 5.48. The monoisotopic (exact) mass is 305 g/mol. The molecule has 0 amide bonds. The van der Waals surface area contributed by atoms with Crippen LogP contribution >= 0.6 is 11.3 Å². The SMILES string of the molecule is Cc1nc(C)c(CN2CCN(c3ccc(F)cc3)CC2)s1. The van der Waals surface area contributed by atoms with Crippen LogP contribution in [0.2, 0.25) is 0 Å². The van der Waals surface area contributed by atoms with Crippen molar-refractivity contribution in [1.29, 1.82) is 0 Å². The van der Waals surface area contributed by atoms with Gasteiger partial charge >= 0.3 is 0 Å². The maximum Gasteiger partial charge on any atom is 0.123 e. The molecule has 0 saturated carbocycles. The molecule has 0 bridgehead atoms. The topological polar surface area (TPSA) is 19.4 Å². The van der Waals surface area contributed by atoms with E-state index in [-0.39, 0.29) is 5.82 Å². The van der Waals surface area contributed by atoms with Crippen LogP contribution in [0.5, 0.6) is 0 Å². The third-order valence-electron chi connectivity index (χ3n) is 3.93. The van der Waals surface area contributed by atoms with Gasteiger partial charge in [-0.1, -0.05) is 0 Å². The highest BCUT2D eigenvalue weighted by Gasteiger charge is 2.18. The van der Waals surface area contributed by atoms with Crippen LogP contribution in [0.15, 0.2) is 24.3 Å². The molecule has 1 saturated heterocycles. The predicted molar refractivity (Wildman–Crippen MR) is 85.5 cm³/mol. The van der Waals surface area contributed by atoms with E-state index in [9.17, 15) is 4.39 Å². The van der Waals surface area contributed by atoms with E-state index in [2.05, 4.69) is 28.6 Å². The van der Waals surface area contributed by atoms with Crippen molar-refractivity contribution in [2.75, 3.05) is 31.1 Å². The van der Waals surface area contributed by atoms with E-state index in [0.717, 1.165) is 43.4 Å². The van der Waals surface area contributed by atoms with E-state index in [1.807, 2.05) is 12.1 Å². The number of rotatable bonds is 3. The van der Waals surface area contributed by atoms with Gasteiger partial charge in [-0.3, -0.25) is 4.90 Å². The molecule has 1 aromatic carbocycles. The van der Waals surface area contributed by atoms with E-state index in [1.54, 1.807) is 11.3 Å². The summed E-state index contributed by atoms with van der Waals surface area (Å²) >= 11 is 1.80. The predicted octanol–water partition coefficient (Wildman–Crippen LogP) is 3.22. The van der Waals surface area contributed by atoms with Crippen molar-refractivity contribution >= 4 is 17.0 Å². The molecule has 2 aromatic rings. The number of piperazine rings is 1. The van der Waals surface area contributed by atoms with Crippen LogP contribution in [0.1, 0.15) is 15.6 Å². The number of aromatic nitrogens is 1. The van der Waals surface area contributed by atoms with Gasteiger partial charge in [-0.05, 0) is 38.1 Å². The van der Waals surface area contributed by atoms with Gasteiger partial charge in [-0.25, -0.2) is 9.37 Å². The Hall–Kier alpha value is -1.46. The highest BCUT2D eigenvalue weighted by Crippen LogP contribution is 2.21. The molecule has 21 heavy (non-hydrogen) atoms. The number of hydrogen-bond acceptors (Lipinski definition) is 4. The van der Waals surface area contributed by atoms with Gasteiger partial charge in [0.25, 0.3) is 0 Å². The largest absolute Gasteiger partial charge is 0.369 e. The minimum absolute atomic E-state index is 0.173. The number of benzene rings is 1. The highest BCUT2D eigenvalue weighted by molar-refractivity contribution is 7.11. The number of thiazole rings is 1. The van der Waals surface area contributed by atoms with Gasteiger partial charge in [-0.2, -0.15) is 0 Å². The van der Waals surface area contributed by atoms with Crippen LogP contribution < -0.4 is 4.90 Å². The summed E-state index contributed by atoms with van der Waals surface area (Å²) in [4.78, 5) is 10.7. The number of hydrogen-bond donors (Lipinski definition) is 0. The summed E-state index contributed by atoms with van der Waals surface area (Å²) in [5.74, 6) is -0.173. The zero-order valence-corrected chi connectivity index (χ0v) is 13.3. The van der Waals surface area contributed by atoms with Gasteiger partial charge in [0, 0.05) is 43.3 Å². The number of aryl methyl sites for hydroxylation is 2. The molecule has 3 rings (SSSR count). The van der Waals surface area contributed by atoms with Gasteiger partial charge in [-0.15, -0.1) is 11.3 Å². The smallest absolute Gasteiger partial charge is 0.123 e. The molecular weight excluding hydrogens is 285 g/mol. The summed E-state index contributed by atoms with van der Waals surface area (Å²) in [7, 11) is 0. The number of anilines is 1. The molecule has 0 N–H and O–H groups in total. The summed E-state index contributed by atoms with van der Waals surface area (Å²) in [5, 5.41) is 1.15. The number of nitrogens with zero attached hydrogens (tertiary/aromatic N) is 3. The van der Waals surface area contributed by atoms with Crippen molar-refractivity contribution in [2.24, 2.45) is 0 Å². The Bertz CT molecular complexity index is 600. The van der Waals surface area contributed by atoms with Crippen LogP contribution in [0, 0.1) is 19.7 Å². The fraction of sp³-hybridized carbons (Fsp3) is 0.438. The van der Waals surface area contributed by atoms with E-state index in [4.69, 9.17) is 0 Å². The maximum atomic E-state index is 13.0. The number of halogens is 1. The summed E-state index contributed by atoms with van der Waals surface area (Å²) in [5.41, 5.74) is 2.28. The fourth-order valence-electron chi connectivity index (χ4n) is 2.74. The molecule has 1 aliphatic rings. The van der Waals surface area contributed by atoms with Crippen molar-refractivity contribution in [3.63, 3.8) is 0 Å². The fourth-order valence-corrected chi connectivity index (χ4v) is 3.72. The molecule has 1 fully saturated rings. The summed E-state index contributed by atoms with van der Waals surface area (Å²) in [6, 6.07) is 6.79. The lowest BCUT2D eigenvalue weighted by Gasteiger charge is -2.36. The Balaban J connectivity index is 1.57. The van der Waals surface area contributed by atoms with Crippen molar-refractivity contribution in [1.82, 2.24) is 9.88 Å². The van der Waals surface area contributed by atoms with Gasteiger partial charge < -0.3 is 4.90 Å². The van der Waals surface area contributed by atoms with Crippen LogP contribution in [-0.4, -0.2) is 36.1 Å². The van der Waals surface area contributed by atoms with Crippen LogP contribution in [-0.2, 0) is 6.54 Å². The van der Waals surface area contributed by atoms with E-state index >= 15 is 0 Å². The standard InChI is InChI=1S/C16H20FN3S/c1-12-16(21-13(2)18-12)11-19-7-9-20(10-8-19)15-5-3-14(17)4-6-15/h3-6H,7-11H2,1-2H3. The third kappa shape index (κ3) is 3.41. The first-order valence-corrected chi connectivity index (χ1v) is 8.09. The van der Waals surface area contributed by atoms with Gasteiger partial charge in [0.2, 0.25) is 0 Å². The Morgan fingerprint density at radius 2 is 1.76 bits per heavy atom. The molecule has 0 radical (unpaired) electrons. The summed E-state index contributed by atoms with van der Waals surface area (Å²) in [6.07, 6.45) is 0. The Morgan fingerprint density at radius 1 is 1.10 bits per heavy atom. The lowest BCUT2D eigenvalue weighted by molar-refractivity contribution is 0.251. The van der Waals surface area contributed by atoms with Crippen LogP contribution in [0.3, 0.4) is 0 Å². The van der Waals surface area contributed by atoms with Crippen molar-refractivity contribution in [2.45, 2.75) is 20.4 Å². The Kier molecular flexibility index (Phi) is 4.22. The average Bonchev–Trinajstić information content (AvgIpc) is 2.79. The van der Waals surface area contributed by atoms with E-state index < -0.39 is 0 Å². The van der Waals surface area contributed by atoms with Crippen LogP contribution in [0.4, 0.5) is 10.1 Å². The minimum Gasteiger partial charge on any atom is -0.369 e. The third-order valence-corrected chi connectivity index (χ3v) is 4.99. The molecule has 3 nitrogen and oxygen atoms in total. The molecule has 0 atom stereocenters. The lowest BCUT2D eigenvalue weighted by atomic mass is 10.2. The zero-order valence-electron chi connectivity index (χ0n) is 12.5. The molecule has 2 heterocycles. The quantitative estimate of drug-likeness (QED) is 0.868. The van der Waals surface area contributed by atoms with Crippen LogP contribution in [0.25, 0.3) is 0 Å². The summed E-state index contributed by atoms with van der Waals surface area (Å²) in [6.45, 7) is 9.20. The first-order chi connectivity index (χ1) is 10.1. The average molecular weight is 305 g/mol. The molecule has 0 spiro atoms. The molecule has 0 unspecified atom stereocenters. The Labute approximate surface area is 129 Å². The van der Waals surface area contributed by atoms with Crippen molar-refractivity contribution in [3.05, 3.63) is 45.7 Å². The van der Waals surface area contributed by atoms with E-state index in [0.29, 0.717) is 0 Å². The van der Waals surface area contributed by atoms with Crippen molar-refractivity contribution < 1.29 is 4.39 Å². The first kappa shape index (κ1) is 14.5. The maximum absolute atomic E-state index is 13.0. The normalized spacial score (nSPS) is 16.4. The Morgan fingerprint density at radius 3 is 2.33 bits per heavy atom. The molecular formula is C16H20FN3S. The lowest BCUT2D eigenvalue weighted by Crippen LogP contribution is -2.45. The van der Waals surface area contributed by atoms with Gasteiger partial charge in [0.05, 0.1) is 10.7 Å².